The number of phenols is 1. The van der Waals surface area contributed by atoms with Gasteiger partial charge in [0.1, 0.15) is 19.0 Å². The van der Waals surface area contributed by atoms with Crippen LogP contribution < -0.4 is 14.8 Å². The van der Waals surface area contributed by atoms with Crippen LogP contribution in [0, 0.1) is 0 Å². The Bertz CT molecular complexity index is 1090. The summed E-state index contributed by atoms with van der Waals surface area (Å²) < 4.78 is 13.7. The predicted octanol–water partition coefficient (Wildman–Crippen LogP) is 3.94. The highest BCUT2D eigenvalue weighted by Gasteiger charge is 2.18. The first-order valence-electron chi connectivity index (χ1n) is 9.29. The number of aromatic hydroxyl groups is 1. The van der Waals surface area contributed by atoms with Crippen LogP contribution in [0.2, 0.25) is 0 Å². The molecule has 4 rings (SSSR count). The van der Waals surface area contributed by atoms with Crippen molar-refractivity contribution in [3.05, 3.63) is 40.9 Å². The summed E-state index contributed by atoms with van der Waals surface area (Å²) in [4.78, 5) is 12.4. The van der Waals surface area contributed by atoms with Gasteiger partial charge >= 0.3 is 0 Å². The molecule has 2 N–H and O–H groups in total. The minimum atomic E-state index is -0.172. The van der Waals surface area contributed by atoms with Crippen molar-refractivity contribution in [2.24, 2.45) is 0 Å². The first-order valence-corrected chi connectivity index (χ1v) is 11.1. The number of anilines is 1. The lowest BCUT2D eigenvalue weighted by atomic mass is 10.2. The van der Waals surface area contributed by atoms with E-state index in [9.17, 15) is 9.90 Å². The van der Waals surface area contributed by atoms with Gasteiger partial charge in [-0.05, 0) is 37.3 Å². The number of halogens is 1. The van der Waals surface area contributed by atoms with Gasteiger partial charge in [0.05, 0.1) is 11.3 Å². The van der Waals surface area contributed by atoms with Gasteiger partial charge in [0, 0.05) is 22.8 Å². The minimum absolute atomic E-state index is 0.119. The van der Waals surface area contributed by atoms with Gasteiger partial charge in [-0.1, -0.05) is 27.7 Å². The summed E-state index contributed by atoms with van der Waals surface area (Å²) in [5.74, 6) is 1.95. The number of carbonyl (C=O) groups is 1. The van der Waals surface area contributed by atoms with E-state index in [1.807, 2.05) is 11.5 Å². The van der Waals surface area contributed by atoms with Gasteiger partial charge in [-0.3, -0.25) is 4.79 Å². The zero-order valence-corrected chi connectivity index (χ0v) is 18.5. The van der Waals surface area contributed by atoms with Crippen molar-refractivity contribution in [1.29, 1.82) is 0 Å². The summed E-state index contributed by atoms with van der Waals surface area (Å²) in [7, 11) is 0. The second kappa shape index (κ2) is 8.97. The Kier molecular flexibility index (Phi) is 6.14. The molecule has 1 aliphatic rings. The van der Waals surface area contributed by atoms with Crippen molar-refractivity contribution in [3.8, 4) is 28.6 Å². The monoisotopic (exact) mass is 490 g/mol. The van der Waals surface area contributed by atoms with Gasteiger partial charge in [-0.25, -0.2) is 0 Å². The summed E-state index contributed by atoms with van der Waals surface area (Å²) in [6, 6.07) is 10.4. The SMILES string of the molecule is CCn1c(SCC(=O)Nc2ccc3c(c2)OCCO3)nnc1-c1cc(Br)ccc1O. The first kappa shape index (κ1) is 20.5. The van der Waals surface area contributed by atoms with Crippen LogP contribution in [-0.2, 0) is 11.3 Å². The fourth-order valence-corrected chi connectivity index (χ4v) is 4.18. The smallest absolute Gasteiger partial charge is 0.234 e. The topological polar surface area (TPSA) is 98.5 Å². The molecule has 0 saturated heterocycles. The zero-order valence-electron chi connectivity index (χ0n) is 16.1. The fourth-order valence-electron chi connectivity index (χ4n) is 3.02. The number of benzene rings is 2. The van der Waals surface area contributed by atoms with Gasteiger partial charge in [-0.15, -0.1) is 10.2 Å². The third-order valence-corrected chi connectivity index (χ3v) is 5.85. The van der Waals surface area contributed by atoms with Gasteiger partial charge < -0.3 is 24.5 Å². The molecule has 8 nitrogen and oxygen atoms in total. The number of phenolic OH excluding ortho intramolecular Hbond substituents is 1. The molecule has 3 aromatic rings. The number of carbonyl (C=O) groups excluding carboxylic acids is 1. The highest BCUT2D eigenvalue weighted by molar-refractivity contribution is 9.10. The molecule has 30 heavy (non-hydrogen) atoms. The van der Waals surface area contributed by atoms with Crippen LogP contribution in [-0.4, -0.2) is 44.7 Å². The number of amides is 1. The molecule has 0 atom stereocenters. The van der Waals surface area contributed by atoms with E-state index >= 15 is 0 Å². The van der Waals surface area contributed by atoms with Crippen LogP contribution in [0.3, 0.4) is 0 Å². The average molecular weight is 491 g/mol. The van der Waals surface area contributed by atoms with Gasteiger partial charge in [0.15, 0.2) is 22.5 Å². The summed E-state index contributed by atoms with van der Waals surface area (Å²) in [6.45, 7) is 3.57. The number of nitrogens with zero attached hydrogens (tertiary/aromatic N) is 3. The number of fused-ring (bicyclic) bond motifs is 1. The van der Waals surface area contributed by atoms with Crippen molar-refractivity contribution in [3.63, 3.8) is 0 Å². The van der Waals surface area contributed by atoms with Crippen molar-refractivity contribution >= 4 is 39.3 Å². The van der Waals surface area contributed by atoms with E-state index in [1.165, 1.54) is 11.8 Å². The molecule has 156 valence electrons. The lowest BCUT2D eigenvalue weighted by molar-refractivity contribution is -0.113. The Morgan fingerprint density at radius 1 is 1.20 bits per heavy atom. The van der Waals surface area contributed by atoms with E-state index in [4.69, 9.17) is 9.47 Å². The lowest BCUT2D eigenvalue weighted by Gasteiger charge is -2.19. The molecule has 0 bridgehead atoms. The number of aromatic nitrogens is 3. The summed E-state index contributed by atoms with van der Waals surface area (Å²) in [6.07, 6.45) is 0. The summed E-state index contributed by atoms with van der Waals surface area (Å²) in [5, 5.41) is 22.1. The van der Waals surface area contributed by atoms with Crippen LogP contribution in [0.25, 0.3) is 11.4 Å². The maximum absolute atomic E-state index is 12.4. The molecule has 10 heteroatoms. The molecule has 0 spiro atoms. The molecule has 0 unspecified atom stereocenters. The molecule has 0 aliphatic carbocycles. The molecule has 1 amide bonds. The van der Waals surface area contributed by atoms with Crippen molar-refractivity contribution < 1.29 is 19.4 Å². The Morgan fingerprint density at radius 3 is 2.80 bits per heavy atom. The Morgan fingerprint density at radius 2 is 2.00 bits per heavy atom. The largest absolute Gasteiger partial charge is 0.507 e. The van der Waals surface area contributed by atoms with E-state index < -0.39 is 0 Å². The number of ether oxygens (including phenoxy) is 2. The Labute approximate surface area is 185 Å². The Hall–Kier alpha value is -2.72. The van der Waals surface area contributed by atoms with Crippen LogP contribution in [0.15, 0.2) is 46.0 Å². The predicted molar refractivity (Wildman–Crippen MR) is 117 cm³/mol. The molecule has 2 aromatic carbocycles. The minimum Gasteiger partial charge on any atom is -0.507 e. The fraction of sp³-hybridized carbons (Fsp3) is 0.250. The maximum Gasteiger partial charge on any atom is 0.234 e. The van der Waals surface area contributed by atoms with E-state index in [0.717, 1.165) is 4.47 Å². The van der Waals surface area contributed by atoms with Crippen molar-refractivity contribution in [2.75, 3.05) is 24.3 Å². The van der Waals surface area contributed by atoms with Crippen LogP contribution in [0.5, 0.6) is 17.2 Å². The van der Waals surface area contributed by atoms with Gasteiger partial charge in [0.2, 0.25) is 5.91 Å². The van der Waals surface area contributed by atoms with Crippen LogP contribution in [0.4, 0.5) is 5.69 Å². The molecular formula is C20H19BrN4O4S. The zero-order chi connectivity index (χ0) is 21.1. The highest BCUT2D eigenvalue weighted by Crippen LogP contribution is 2.34. The number of rotatable bonds is 6. The second-order valence-corrected chi connectivity index (χ2v) is 8.27. The first-order chi connectivity index (χ1) is 14.5. The summed E-state index contributed by atoms with van der Waals surface area (Å²) in [5.41, 5.74) is 1.22. The Balaban J connectivity index is 1.44. The number of hydrogen-bond donors (Lipinski definition) is 2. The molecule has 0 saturated carbocycles. The van der Waals surface area contributed by atoms with Crippen LogP contribution in [0.1, 0.15) is 6.92 Å². The lowest BCUT2D eigenvalue weighted by Crippen LogP contribution is -2.17. The van der Waals surface area contributed by atoms with E-state index in [2.05, 4.69) is 31.4 Å². The molecule has 0 fully saturated rings. The molecular weight excluding hydrogens is 472 g/mol. The maximum atomic E-state index is 12.4. The average Bonchev–Trinajstić information content (AvgIpc) is 3.16. The molecule has 2 heterocycles. The number of hydrogen-bond acceptors (Lipinski definition) is 7. The number of thioether (sulfide) groups is 1. The molecule has 1 aliphatic heterocycles. The van der Waals surface area contributed by atoms with Gasteiger partial charge in [0.25, 0.3) is 0 Å². The second-order valence-electron chi connectivity index (χ2n) is 6.41. The van der Waals surface area contributed by atoms with E-state index in [1.54, 1.807) is 36.4 Å². The third kappa shape index (κ3) is 4.39. The van der Waals surface area contributed by atoms with E-state index in [0.29, 0.717) is 53.5 Å². The summed E-state index contributed by atoms with van der Waals surface area (Å²) >= 11 is 4.69. The molecule has 0 radical (unpaired) electrons. The van der Waals surface area contributed by atoms with Crippen LogP contribution >= 0.6 is 27.7 Å². The van der Waals surface area contributed by atoms with Gasteiger partial charge in [-0.2, -0.15) is 0 Å². The standard InChI is InChI=1S/C20H19BrN4O4S/c1-2-25-19(14-9-12(21)3-5-15(14)26)23-24-20(25)30-11-18(27)22-13-4-6-16-17(10-13)29-8-7-28-16/h3-6,9-10,26H,2,7-8,11H2,1H3,(H,22,27). The van der Waals surface area contributed by atoms with Crippen molar-refractivity contribution in [2.45, 2.75) is 18.6 Å². The highest BCUT2D eigenvalue weighted by atomic mass is 79.9. The van der Waals surface area contributed by atoms with Crippen molar-refractivity contribution in [1.82, 2.24) is 14.8 Å². The third-order valence-electron chi connectivity index (χ3n) is 4.39. The normalized spacial score (nSPS) is 12.6. The number of nitrogens with one attached hydrogen (secondary N) is 1. The van der Waals surface area contributed by atoms with E-state index in [-0.39, 0.29) is 17.4 Å². The molecule has 1 aromatic heterocycles. The quantitative estimate of drug-likeness (QED) is 0.504.